The van der Waals surface area contributed by atoms with Crippen LogP contribution in [-0.4, -0.2) is 35.0 Å². The van der Waals surface area contributed by atoms with E-state index in [-0.39, 0.29) is 6.61 Å². The van der Waals surface area contributed by atoms with Crippen LogP contribution in [0.25, 0.3) is 5.57 Å². The molecule has 6 heteroatoms. The lowest BCUT2D eigenvalue weighted by atomic mass is 9.90. The van der Waals surface area contributed by atoms with Crippen LogP contribution in [0.2, 0.25) is 0 Å². The first-order valence-corrected chi connectivity index (χ1v) is 10.5. The molecule has 6 nitrogen and oxygen atoms in total. The topological polar surface area (TPSA) is 81.0 Å². The molecule has 2 aromatic carbocycles. The number of benzene rings is 2. The van der Waals surface area contributed by atoms with Crippen molar-refractivity contribution in [3.05, 3.63) is 101 Å². The van der Waals surface area contributed by atoms with E-state index in [4.69, 9.17) is 14.7 Å². The molecule has 0 aliphatic heterocycles. The first-order valence-electron chi connectivity index (χ1n) is 10.5. The Morgan fingerprint density at radius 2 is 1.94 bits per heavy atom. The summed E-state index contributed by atoms with van der Waals surface area (Å²) in [5, 5.41) is 13.4. The van der Waals surface area contributed by atoms with Crippen LogP contribution in [0.1, 0.15) is 28.7 Å². The second-order valence-corrected chi connectivity index (χ2v) is 7.45. The fraction of sp³-hybridized carbons (Fsp3) is 0.192. The van der Waals surface area contributed by atoms with E-state index in [1.54, 1.807) is 12.4 Å². The van der Waals surface area contributed by atoms with Gasteiger partial charge in [-0.15, -0.1) is 0 Å². The monoisotopic (exact) mass is 428 g/mol. The highest BCUT2D eigenvalue weighted by Crippen LogP contribution is 2.33. The normalized spacial score (nSPS) is 13.1. The van der Waals surface area contributed by atoms with Gasteiger partial charge in [-0.2, -0.15) is 0 Å². The third-order valence-electron chi connectivity index (χ3n) is 5.22. The number of carboxylic acids is 1. The molecule has 1 aliphatic carbocycles. The summed E-state index contributed by atoms with van der Waals surface area (Å²) in [5.74, 6) is -0.382. The predicted molar refractivity (Wildman–Crippen MR) is 123 cm³/mol. The number of fused-ring (bicyclic) bond motifs is 1. The molecular weight excluding hydrogens is 404 g/mol. The Balaban J connectivity index is 1.51. The van der Waals surface area contributed by atoms with E-state index in [9.17, 15) is 4.79 Å². The lowest BCUT2D eigenvalue weighted by Gasteiger charge is -2.20. The van der Waals surface area contributed by atoms with Crippen LogP contribution in [0, 0.1) is 0 Å². The van der Waals surface area contributed by atoms with Gasteiger partial charge in [-0.25, -0.2) is 4.79 Å². The predicted octanol–water partition coefficient (Wildman–Crippen LogP) is 4.54. The number of aliphatic carboxylic acids is 1. The van der Waals surface area contributed by atoms with E-state index >= 15 is 0 Å². The highest BCUT2D eigenvalue weighted by molar-refractivity contribution is 6.01. The van der Waals surface area contributed by atoms with Crippen molar-refractivity contribution in [3.8, 4) is 5.75 Å². The second kappa shape index (κ2) is 10.4. The molecule has 1 aliphatic rings. The number of hydrogen-bond donors (Lipinski definition) is 1. The highest BCUT2D eigenvalue weighted by atomic mass is 16.6. The number of carbonyl (C=O) groups is 1. The molecule has 0 spiro atoms. The van der Waals surface area contributed by atoms with Crippen LogP contribution in [0.4, 0.5) is 0 Å². The number of oxime groups is 1. The van der Waals surface area contributed by atoms with Gasteiger partial charge in [0.25, 0.3) is 0 Å². The van der Waals surface area contributed by atoms with Crippen molar-refractivity contribution < 1.29 is 19.5 Å². The summed E-state index contributed by atoms with van der Waals surface area (Å²) in [6.45, 7) is -0.0435. The summed E-state index contributed by atoms with van der Waals surface area (Å²) in [5.41, 5.74) is 5.90. The van der Waals surface area contributed by atoms with Crippen molar-refractivity contribution in [2.45, 2.75) is 19.3 Å². The molecular formula is C26H24N2O4. The molecule has 4 rings (SSSR count). The zero-order chi connectivity index (χ0) is 22.2. The third-order valence-corrected chi connectivity index (χ3v) is 5.22. The number of allylic oxidation sites excluding steroid dienone is 1. The van der Waals surface area contributed by atoms with E-state index < -0.39 is 5.97 Å². The quantitative estimate of drug-likeness (QED) is 0.400. The lowest BCUT2D eigenvalue weighted by molar-refractivity contribution is -0.139. The lowest BCUT2D eigenvalue weighted by Crippen LogP contribution is -2.13. The molecule has 0 unspecified atom stereocenters. The molecule has 0 amide bonds. The SMILES string of the molecule is O=C(O)COc1cccc2c1CCC=C2CO/N=C(/Cc1ccccc1)c1cccnc1. The minimum absolute atomic E-state index is 0.313. The van der Waals surface area contributed by atoms with Gasteiger partial charge in [0.2, 0.25) is 0 Å². The fourth-order valence-corrected chi connectivity index (χ4v) is 3.73. The van der Waals surface area contributed by atoms with Crippen LogP contribution in [0.15, 0.2) is 84.3 Å². The van der Waals surface area contributed by atoms with Gasteiger partial charge >= 0.3 is 5.97 Å². The summed E-state index contributed by atoms with van der Waals surface area (Å²) in [4.78, 5) is 20.9. The van der Waals surface area contributed by atoms with Crippen LogP contribution in [-0.2, 0) is 22.5 Å². The van der Waals surface area contributed by atoms with E-state index in [2.05, 4.69) is 28.3 Å². The van der Waals surface area contributed by atoms with Crippen molar-refractivity contribution in [2.75, 3.05) is 13.2 Å². The molecule has 162 valence electrons. The zero-order valence-corrected chi connectivity index (χ0v) is 17.6. The minimum atomic E-state index is -0.992. The molecule has 0 bridgehead atoms. The van der Waals surface area contributed by atoms with Gasteiger partial charge in [0.15, 0.2) is 6.61 Å². The van der Waals surface area contributed by atoms with Gasteiger partial charge in [0.1, 0.15) is 12.4 Å². The largest absolute Gasteiger partial charge is 0.482 e. The summed E-state index contributed by atoms with van der Waals surface area (Å²) in [6.07, 6.45) is 7.93. The van der Waals surface area contributed by atoms with Gasteiger partial charge in [-0.3, -0.25) is 4.98 Å². The molecule has 1 heterocycles. The molecule has 0 radical (unpaired) electrons. The number of hydrogen-bond acceptors (Lipinski definition) is 5. The average Bonchev–Trinajstić information content (AvgIpc) is 2.83. The first kappa shape index (κ1) is 21.3. The Bertz CT molecular complexity index is 1130. The van der Waals surface area contributed by atoms with Crippen LogP contribution >= 0.6 is 0 Å². The number of nitrogens with zero attached hydrogens (tertiary/aromatic N) is 2. The maximum Gasteiger partial charge on any atom is 0.341 e. The highest BCUT2D eigenvalue weighted by Gasteiger charge is 2.18. The smallest absolute Gasteiger partial charge is 0.341 e. The van der Waals surface area contributed by atoms with E-state index in [0.717, 1.165) is 46.4 Å². The summed E-state index contributed by atoms with van der Waals surface area (Å²) in [7, 11) is 0. The van der Waals surface area contributed by atoms with Gasteiger partial charge in [-0.1, -0.05) is 53.7 Å². The number of rotatable bonds is 9. The van der Waals surface area contributed by atoms with Crippen LogP contribution in [0.3, 0.4) is 0 Å². The van der Waals surface area contributed by atoms with Gasteiger partial charge in [0.05, 0.1) is 5.71 Å². The molecule has 0 saturated heterocycles. The van der Waals surface area contributed by atoms with Crippen molar-refractivity contribution in [2.24, 2.45) is 5.16 Å². The Morgan fingerprint density at radius 3 is 2.72 bits per heavy atom. The Kier molecular flexibility index (Phi) is 6.92. The molecule has 1 N–H and O–H groups in total. The summed E-state index contributed by atoms with van der Waals surface area (Å²) in [6, 6.07) is 19.7. The Morgan fingerprint density at radius 1 is 1.06 bits per heavy atom. The number of ether oxygens (including phenoxy) is 1. The Hall–Kier alpha value is -3.93. The fourth-order valence-electron chi connectivity index (χ4n) is 3.73. The number of aromatic nitrogens is 1. The van der Waals surface area contributed by atoms with Crippen molar-refractivity contribution in [1.82, 2.24) is 4.98 Å². The van der Waals surface area contributed by atoms with E-state index in [0.29, 0.717) is 18.8 Å². The van der Waals surface area contributed by atoms with E-state index in [1.807, 2.05) is 48.5 Å². The maximum atomic E-state index is 10.9. The van der Waals surface area contributed by atoms with Crippen molar-refractivity contribution in [1.29, 1.82) is 0 Å². The molecule has 32 heavy (non-hydrogen) atoms. The zero-order valence-electron chi connectivity index (χ0n) is 17.6. The third kappa shape index (κ3) is 5.40. The first-order chi connectivity index (χ1) is 15.7. The molecule has 0 fully saturated rings. The number of carboxylic acid groups (broad SMARTS) is 1. The van der Waals surface area contributed by atoms with Crippen LogP contribution in [0.5, 0.6) is 5.75 Å². The van der Waals surface area contributed by atoms with E-state index in [1.165, 1.54) is 0 Å². The Labute approximate surface area is 186 Å². The van der Waals surface area contributed by atoms with Gasteiger partial charge < -0.3 is 14.7 Å². The van der Waals surface area contributed by atoms with Crippen molar-refractivity contribution >= 4 is 17.3 Å². The minimum Gasteiger partial charge on any atom is -0.482 e. The summed E-state index contributed by atoms with van der Waals surface area (Å²) >= 11 is 0. The average molecular weight is 428 g/mol. The van der Waals surface area contributed by atoms with Gasteiger partial charge in [0, 0.05) is 29.9 Å². The summed E-state index contributed by atoms with van der Waals surface area (Å²) < 4.78 is 5.48. The number of pyridine rings is 1. The molecule has 0 atom stereocenters. The second-order valence-electron chi connectivity index (χ2n) is 7.45. The molecule has 3 aromatic rings. The van der Waals surface area contributed by atoms with Gasteiger partial charge in [-0.05, 0) is 47.7 Å². The molecule has 1 aromatic heterocycles. The van der Waals surface area contributed by atoms with Crippen LogP contribution < -0.4 is 4.74 Å². The van der Waals surface area contributed by atoms with Crippen molar-refractivity contribution in [3.63, 3.8) is 0 Å². The standard InChI is InChI=1S/C26H24N2O4/c29-26(30)18-31-25-13-5-11-22-21(9-4-12-23(22)25)17-32-28-24(20-10-6-14-27-16-20)15-19-7-2-1-3-8-19/h1-3,5-11,13-14,16H,4,12,15,17-18H2,(H,29,30)/b28-24-. The molecule has 0 saturated carbocycles. The maximum absolute atomic E-state index is 10.9.